The van der Waals surface area contributed by atoms with Crippen molar-refractivity contribution in [3.63, 3.8) is 0 Å². The lowest BCUT2D eigenvalue weighted by Crippen LogP contribution is -2.56. The first kappa shape index (κ1) is 15.0. The van der Waals surface area contributed by atoms with Crippen LogP contribution in [0.4, 0.5) is 0 Å². The van der Waals surface area contributed by atoms with Crippen molar-refractivity contribution in [3.05, 3.63) is 0 Å². The molecule has 1 saturated carbocycles. The highest BCUT2D eigenvalue weighted by Gasteiger charge is 2.48. The van der Waals surface area contributed by atoms with Crippen LogP contribution in [0, 0.1) is 5.92 Å². The van der Waals surface area contributed by atoms with Crippen LogP contribution in [0.3, 0.4) is 0 Å². The van der Waals surface area contributed by atoms with Gasteiger partial charge in [0.25, 0.3) is 0 Å². The smallest absolute Gasteiger partial charge is 0.192 e. The van der Waals surface area contributed by atoms with E-state index in [0.717, 1.165) is 5.71 Å². The van der Waals surface area contributed by atoms with Gasteiger partial charge in [-0.15, -0.1) is 0 Å². The lowest BCUT2D eigenvalue weighted by Gasteiger charge is -2.43. The lowest BCUT2D eigenvalue weighted by molar-refractivity contribution is -0.0781. The molecule has 0 saturated heterocycles. The first-order valence-electron chi connectivity index (χ1n) is 6.86. The number of hydrogen-bond acceptors (Lipinski definition) is 5. The Balaban J connectivity index is 2.12. The van der Waals surface area contributed by atoms with Crippen molar-refractivity contribution < 1.29 is 19.5 Å². The van der Waals surface area contributed by atoms with Gasteiger partial charge in [-0.3, -0.25) is 0 Å². The Morgan fingerprint density at radius 2 is 1.89 bits per heavy atom. The molecule has 0 spiro atoms. The molecule has 1 aliphatic heterocycles. The van der Waals surface area contributed by atoms with E-state index in [1.54, 1.807) is 0 Å². The molecule has 0 radical (unpaired) electrons. The molecule has 4 unspecified atom stereocenters. The topological polar surface area (TPSA) is 71.3 Å². The highest BCUT2D eigenvalue weighted by Crippen LogP contribution is 2.40. The Morgan fingerprint density at radius 1 is 1.26 bits per heavy atom. The Kier molecular flexibility index (Phi) is 3.81. The van der Waals surface area contributed by atoms with E-state index in [0.29, 0.717) is 13.0 Å². The summed E-state index contributed by atoms with van der Waals surface area (Å²) >= 11 is 0. The summed E-state index contributed by atoms with van der Waals surface area (Å²) in [6.07, 6.45) is -1.53. The molecular weight excluding hydrogens is 262 g/mol. The maximum atomic E-state index is 10.3. The molecule has 5 nitrogen and oxygen atoms in total. The number of hydrogen-bond donors (Lipinski definition) is 2. The van der Waals surface area contributed by atoms with Crippen molar-refractivity contribution in [2.45, 2.75) is 63.6 Å². The quantitative estimate of drug-likeness (QED) is 0.755. The molecule has 0 bridgehead atoms. The van der Waals surface area contributed by atoms with Gasteiger partial charge >= 0.3 is 0 Å². The molecule has 0 aromatic rings. The summed E-state index contributed by atoms with van der Waals surface area (Å²) < 4.78 is 6.23. The van der Waals surface area contributed by atoms with Crippen LogP contribution < -0.4 is 0 Å². The zero-order valence-electron chi connectivity index (χ0n) is 12.4. The summed E-state index contributed by atoms with van der Waals surface area (Å²) in [5, 5.41) is 24.4. The van der Waals surface area contributed by atoms with E-state index in [1.807, 2.05) is 0 Å². The molecule has 0 aromatic carbocycles. The monoisotopic (exact) mass is 287 g/mol. The zero-order valence-corrected chi connectivity index (χ0v) is 13.4. The van der Waals surface area contributed by atoms with Gasteiger partial charge in [-0.1, -0.05) is 25.9 Å². The molecule has 2 N–H and O–H groups in total. The summed E-state index contributed by atoms with van der Waals surface area (Å²) in [4.78, 5) is 5.03. The average molecular weight is 287 g/mol. The predicted octanol–water partition coefficient (Wildman–Crippen LogP) is 1.50. The van der Waals surface area contributed by atoms with Crippen molar-refractivity contribution in [2.75, 3.05) is 6.61 Å². The fourth-order valence-corrected chi connectivity index (χ4v) is 3.63. The van der Waals surface area contributed by atoms with E-state index in [4.69, 9.17) is 9.26 Å². The lowest BCUT2D eigenvalue weighted by atomic mass is 9.82. The van der Waals surface area contributed by atoms with Gasteiger partial charge in [0.05, 0.1) is 23.8 Å². The Morgan fingerprint density at radius 3 is 2.47 bits per heavy atom. The van der Waals surface area contributed by atoms with Gasteiger partial charge in [-0.2, -0.15) is 0 Å². The summed E-state index contributed by atoms with van der Waals surface area (Å²) in [6.45, 7) is 11.1. The van der Waals surface area contributed by atoms with Gasteiger partial charge in [0.2, 0.25) is 0 Å². The third kappa shape index (κ3) is 2.72. The normalized spacial score (nSPS) is 35.6. The highest BCUT2D eigenvalue weighted by atomic mass is 28.4. The minimum atomic E-state index is -1.97. The third-order valence-electron chi connectivity index (χ3n) is 4.67. The van der Waals surface area contributed by atoms with Crippen LogP contribution in [0.2, 0.25) is 18.1 Å². The Labute approximate surface area is 115 Å². The fourth-order valence-electron chi connectivity index (χ4n) is 2.30. The molecule has 0 amide bonds. The predicted molar refractivity (Wildman–Crippen MR) is 75.6 cm³/mol. The molecule has 4 atom stereocenters. The van der Waals surface area contributed by atoms with E-state index in [1.165, 1.54) is 0 Å². The van der Waals surface area contributed by atoms with Gasteiger partial charge in [-0.05, 0) is 18.1 Å². The van der Waals surface area contributed by atoms with Crippen molar-refractivity contribution in [3.8, 4) is 0 Å². The second kappa shape index (κ2) is 4.84. The molecule has 110 valence electrons. The molecular formula is C13H25NO4Si. The van der Waals surface area contributed by atoms with Gasteiger partial charge in [-0.25, -0.2) is 0 Å². The van der Waals surface area contributed by atoms with Crippen LogP contribution in [0.1, 0.15) is 27.2 Å². The van der Waals surface area contributed by atoms with Crippen LogP contribution in [-0.2, 0) is 9.26 Å². The second-order valence-electron chi connectivity index (χ2n) is 7.09. The Bertz CT molecular complexity index is 377. The van der Waals surface area contributed by atoms with Crippen molar-refractivity contribution in [1.82, 2.24) is 0 Å². The second-order valence-corrected chi connectivity index (χ2v) is 11.8. The van der Waals surface area contributed by atoms with E-state index >= 15 is 0 Å². The Hall–Kier alpha value is -0.433. The number of nitrogens with zero attached hydrogens (tertiary/aromatic N) is 1. The summed E-state index contributed by atoms with van der Waals surface area (Å²) in [5.41, 5.74) is 0.821. The standard InChI is InChI=1S/C13H25NO4Si/c1-13(2,3)19(4,5)18-10-6-9-8(7-17-14-9)11(15)12(10)16/h8,10-12,15-16H,6-7H2,1-5H3. The van der Waals surface area contributed by atoms with Gasteiger partial charge in [0.1, 0.15) is 12.7 Å². The molecule has 6 heteroatoms. The van der Waals surface area contributed by atoms with Gasteiger partial charge < -0.3 is 19.5 Å². The SMILES string of the molecule is CC(C)(C)[Si](C)(C)OC1CC2=NOCC2C(O)C1O. The van der Waals surface area contributed by atoms with Gasteiger partial charge in [0.15, 0.2) is 8.32 Å². The van der Waals surface area contributed by atoms with E-state index in [-0.39, 0.29) is 17.1 Å². The molecule has 1 fully saturated rings. The van der Waals surface area contributed by atoms with Crippen molar-refractivity contribution in [2.24, 2.45) is 11.1 Å². The van der Waals surface area contributed by atoms with Crippen LogP contribution >= 0.6 is 0 Å². The van der Waals surface area contributed by atoms with Crippen LogP contribution in [0.25, 0.3) is 0 Å². The van der Waals surface area contributed by atoms with Crippen LogP contribution in [0.15, 0.2) is 5.16 Å². The largest absolute Gasteiger partial charge is 0.411 e. The number of oxime groups is 1. The maximum Gasteiger partial charge on any atom is 0.192 e. The number of aliphatic hydroxyl groups excluding tert-OH is 2. The number of aliphatic hydroxyl groups is 2. The molecule has 1 heterocycles. The summed E-state index contributed by atoms with van der Waals surface area (Å²) in [7, 11) is -1.97. The fraction of sp³-hybridized carbons (Fsp3) is 0.923. The van der Waals surface area contributed by atoms with Crippen molar-refractivity contribution >= 4 is 14.0 Å². The molecule has 2 rings (SSSR count). The molecule has 0 aromatic heterocycles. The van der Waals surface area contributed by atoms with E-state index in [2.05, 4.69) is 39.0 Å². The first-order valence-corrected chi connectivity index (χ1v) is 9.77. The molecule has 1 aliphatic carbocycles. The minimum Gasteiger partial charge on any atom is -0.411 e. The highest BCUT2D eigenvalue weighted by molar-refractivity contribution is 6.74. The summed E-state index contributed by atoms with van der Waals surface area (Å²) in [6, 6.07) is 0. The zero-order chi connectivity index (χ0) is 14.4. The van der Waals surface area contributed by atoms with Crippen LogP contribution in [0.5, 0.6) is 0 Å². The summed E-state index contributed by atoms with van der Waals surface area (Å²) in [5.74, 6) is -0.172. The van der Waals surface area contributed by atoms with Gasteiger partial charge in [0, 0.05) is 6.42 Å². The first-order chi connectivity index (χ1) is 8.63. The third-order valence-corrected chi connectivity index (χ3v) is 9.17. The van der Waals surface area contributed by atoms with Crippen molar-refractivity contribution in [1.29, 1.82) is 0 Å². The van der Waals surface area contributed by atoms with Crippen LogP contribution in [-0.4, -0.2) is 49.2 Å². The number of fused-ring (bicyclic) bond motifs is 1. The van der Waals surface area contributed by atoms with E-state index < -0.39 is 20.5 Å². The maximum absolute atomic E-state index is 10.3. The molecule has 19 heavy (non-hydrogen) atoms. The average Bonchev–Trinajstić information content (AvgIpc) is 2.71. The van der Waals surface area contributed by atoms with E-state index in [9.17, 15) is 10.2 Å². The minimum absolute atomic E-state index is 0.0719. The molecule has 2 aliphatic rings. The number of rotatable bonds is 2.